The molecule has 0 aliphatic rings. The summed E-state index contributed by atoms with van der Waals surface area (Å²) in [6, 6.07) is -1.67. The molecule has 6 nitrogen and oxygen atoms in total. The van der Waals surface area contributed by atoms with E-state index in [2.05, 4.69) is 0 Å². The summed E-state index contributed by atoms with van der Waals surface area (Å²) < 4.78 is 4.83. The number of ether oxygens (including phenoxy) is 1. The quantitative estimate of drug-likeness (QED) is 0.494. The molecule has 0 fully saturated rings. The highest BCUT2D eigenvalue weighted by Crippen LogP contribution is 2.08. The third-order valence-electron chi connectivity index (χ3n) is 1.35. The lowest BCUT2D eigenvalue weighted by Crippen LogP contribution is -2.40. The average Bonchev–Trinajstić information content (AvgIpc) is 1.98. The number of carboxylic acids is 1. The third kappa shape index (κ3) is 5.79. The molecular weight excluding hydrogens is 202 g/mol. The summed E-state index contributed by atoms with van der Waals surface area (Å²) in [4.78, 5) is 32.5. The summed E-state index contributed by atoms with van der Waals surface area (Å²) in [7, 11) is 0. The van der Waals surface area contributed by atoms with Gasteiger partial charge in [-0.25, -0.2) is 0 Å². The Bertz CT molecular complexity index is 279. The second-order valence-electron chi connectivity index (χ2n) is 4.05. The van der Waals surface area contributed by atoms with E-state index in [0.717, 1.165) is 0 Å². The van der Waals surface area contributed by atoms with Gasteiger partial charge in [0.1, 0.15) is 12.0 Å². The smallest absolute Gasteiger partial charge is 0.328 e. The van der Waals surface area contributed by atoms with Crippen LogP contribution in [0.2, 0.25) is 0 Å². The van der Waals surface area contributed by atoms with Crippen LogP contribution in [0.1, 0.15) is 27.2 Å². The summed E-state index contributed by atoms with van der Waals surface area (Å²) in [5.41, 5.74) is 4.31. The highest BCUT2D eigenvalue weighted by atomic mass is 16.6. The van der Waals surface area contributed by atoms with Crippen molar-refractivity contribution in [3.8, 4) is 0 Å². The Kier molecular flexibility index (Phi) is 4.41. The normalized spacial score (nSPS) is 13.1. The number of rotatable bonds is 4. The van der Waals surface area contributed by atoms with Crippen LogP contribution in [0.5, 0.6) is 0 Å². The van der Waals surface area contributed by atoms with Gasteiger partial charge in [0, 0.05) is 0 Å². The van der Waals surface area contributed by atoms with Crippen molar-refractivity contribution in [2.45, 2.75) is 38.8 Å². The van der Waals surface area contributed by atoms with E-state index in [1.165, 1.54) is 0 Å². The standard InChI is InChI=1S/C9H15NO5/c1-9(2,3)15-6(12)4-5(11)7(10)8(13)14/h7H,4,10H2,1-3H3,(H,13,14). The number of esters is 1. The maximum atomic E-state index is 11.1. The molecule has 0 aromatic carbocycles. The molecule has 0 aliphatic carbocycles. The molecule has 0 heterocycles. The monoisotopic (exact) mass is 217 g/mol. The highest BCUT2D eigenvalue weighted by Gasteiger charge is 2.26. The van der Waals surface area contributed by atoms with Crippen molar-refractivity contribution in [1.29, 1.82) is 0 Å². The molecule has 86 valence electrons. The molecule has 0 saturated carbocycles. The molecular formula is C9H15NO5. The van der Waals surface area contributed by atoms with E-state index in [0.29, 0.717) is 0 Å². The van der Waals surface area contributed by atoms with Crippen LogP contribution >= 0.6 is 0 Å². The Balaban J connectivity index is 4.20. The topological polar surface area (TPSA) is 107 Å². The van der Waals surface area contributed by atoms with Gasteiger partial charge in [0.05, 0.1) is 0 Å². The fourth-order valence-electron chi connectivity index (χ4n) is 0.768. The predicted octanol–water partition coefficient (Wildman–Crippen LogP) is -0.301. The van der Waals surface area contributed by atoms with E-state index in [1.807, 2.05) is 0 Å². The van der Waals surface area contributed by atoms with Gasteiger partial charge in [0.15, 0.2) is 11.8 Å². The number of hydrogen-bond acceptors (Lipinski definition) is 5. The molecule has 15 heavy (non-hydrogen) atoms. The van der Waals surface area contributed by atoms with Gasteiger partial charge in [-0.2, -0.15) is 0 Å². The van der Waals surface area contributed by atoms with Gasteiger partial charge >= 0.3 is 11.9 Å². The second kappa shape index (κ2) is 4.88. The number of carboxylic acid groups (broad SMARTS) is 1. The van der Waals surface area contributed by atoms with Crippen molar-refractivity contribution < 1.29 is 24.2 Å². The summed E-state index contributed by atoms with van der Waals surface area (Å²) in [6.07, 6.45) is -0.620. The van der Waals surface area contributed by atoms with E-state index < -0.39 is 35.8 Å². The van der Waals surface area contributed by atoms with Crippen molar-refractivity contribution >= 4 is 17.7 Å². The lowest BCUT2D eigenvalue weighted by molar-refractivity contribution is -0.156. The minimum Gasteiger partial charge on any atom is -0.480 e. The first-order chi connectivity index (χ1) is 6.63. The van der Waals surface area contributed by atoms with Crippen LogP contribution in [-0.4, -0.2) is 34.5 Å². The maximum absolute atomic E-state index is 11.1. The van der Waals surface area contributed by atoms with E-state index in [-0.39, 0.29) is 0 Å². The SMILES string of the molecule is CC(C)(C)OC(=O)CC(=O)C(N)C(=O)O. The number of nitrogens with two attached hydrogens (primary N) is 1. The molecule has 0 aromatic rings. The van der Waals surface area contributed by atoms with Crippen molar-refractivity contribution in [3.63, 3.8) is 0 Å². The molecule has 0 radical (unpaired) electrons. The van der Waals surface area contributed by atoms with Gasteiger partial charge in [-0.3, -0.25) is 14.4 Å². The minimum absolute atomic E-state index is 0.620. The Hall–Kier alpha value is -1.43. The number of hydrogen-bond donors (Lipinski definition) is 2. The molecule has 6 heteroatoms. The van der Waals surface area contributed by atoms with Crippen LogP contribution in [0.15, 0.2) is 0 Å². The first-order valence-corrected chi connectivity index (χ1v) is 4.36. The van der Waals surface area contributed by atoms with E-state index >= 15 is 0 Å². The lowest BCUT2D eigenvalue weighted by atomic mass is 10.1. The fraction of sp³-hybridized carbons (Fsp3) is 0.667. The molecule has 3 N–H and O–H groups in total. The molecule has 0 spiro atoms. The van der Waals surface area contributed by atoms with Crippen LogP contribution < -0.4 is 5.73 Å². The number of carbonyl (C=O) groups excluding carboxylic acids is 2. The number of carbonyl (C=O) groups is 3. The fourth-order valence-corrected chi connectivity index (χ4v) is 0.768. The van der Waals surface area contributed by atoms with Gasteiger partial charge < -0.3 is 15.6 Å². The highest BCUT2D eigenvalue weighted by molar-refractivity contribution is 6.08. The first-order valence-electron chi connectivity index (χ1n) is 4.36. The van der Waals surface area contributed by atoms with E-state index in [4.69, 9.17) is 15.6 Å². The number of ketones is 1. The molecule has 0 aliphatic heterocycles. The zero-order chi connectivity index (χ0) is 12.2. The summed E-state index contributed by atoms with van der Waals surface area (Å²) in [5.74, 6) is -3.09. The first kappa shape index (κ1) is 13.6. The number of aliphatic carboxylic acids is 1. The average molecular weight is 217 g/mol. The van der Waals surface area contributed by atoms with Crippen LogP contribution in [0, 0.1) is 0 Å². The van der Waals surface area contributed by atoms with Crippen molar-refractivity contribution in [2.75, 3.05) is 0 Å². The minimum atomic E-state index is -1.67. The summed E-state index contributed by atoms with van der Waals surface area (Å²) in [6.45, 7) is 4.94. The zero-order valence-electron chi connectivity index (χ0n) is 8.94. The maximum Gasteiger partial charge on any atom is 0.328 e. The van der Waals surface area contributed by atoms with Crippen molar-refractivity contribution in [2.24, 2.45) is 5.73 Å². The Morgan fingerprint density at radius 1 is 1.33 bits per heavy atom. The molecule has 1 unspecified atom stereocenters. The lowest BCUT2D eigenvalue weighted by Gasteiger charge is -2.19. The van der Waals surface area contributed by atoms with Crippen molar-refractivity contribution in [3.05, 3.63) is 0 Å². The van der Waals surface area contributed by atoms with Crippen LogP contribution in [0.3, 0.4) is 0 Å². The third-order valence-corrected chi connectivity index (χ3v) is 1.35. The van der Waals surface area contributed by atoms with Gasteiger partial charge in [-0.05, 0) is 20.8 Å². The summed E-state index contributed by atoms with van der Waals surface area (Å²) in [5, 5.41) is 8.40. The second-order valence-corrected chi connectivity index (χ2v) is 4.05. The Morgan fingerprint density at radius 3 is 2.13 bits per heavy atom. The predicted molar refractivity (Wildman–Crippen MR) is 51.1 cm³/mol. The molecule has 0 saturated heterocycles. The Labute approximate surface area is 87.4 Å². The van der Waals surface area contributed by atoms with Crippen molar-refractivity contribution in [1.82, 2.24) is 0 Å². The van der Waals surface area contributed by atoms with Crippen LogP contribution in [0.4, 0.5) is 0 Å². The van der Waals surface area contributed by atoms with Gasteiger partial charge in [-0.15, -0.1) is 0 Å². The van der Waals surface area contributed by atoms with Crippen LogP contribution in [0.25, 0.3) is 0 Å². The van der Waals surface area contributed by atoms with E-state index in [9.17, 15) is 14.4 Å². The van der Waals surface area contributed by atoms with Gasteiger partial charge in [0.25, 0.3) is 0 Å². The molecule has 0 amide bonds. The zero-order valence-corrected chi connectivity index (χ0v) is 8.94. The largest absolute Gasteiger partial charge is 0.480 e. The molecule has 0 aromatic heterocycles. The van der Waals surface area contributed by atoms with E-state index in [1.54, 1.807) is 20.8 Å². The van der Waals surface area contributed by atoms with Crippen LogP contribution in [-0.2, 0) is 19.1 Å². The summed E-state index contributed by atoms with van der Waals surface area (Å²) >= 11 is 0. The molecule has 0 rings (SSSR count). The van der Waals surface area contributed by atoms with Gasteiger partial charge in [0.2, 0.25) is 0 Å². The Morgan fingerprint density at radius 2 is 1.80 bits per heavy atom. The van der Waals surface area contributed by atoms with Gasteiger partial charge in [-0.1, -0.05) is 0 Å². The molecule has 1 atom stereocenters. The number of Topliss-reactive ketones (excluding diaryl/α,β-unsaturated/α-hetero) is 1. The molecule has 0 bridgehead atoms.